The van der Waals surface area contributed by atoms with E-state index >= 15 is 0 Å². The number of carboxylic acid groups (broad SMARTS) is 2. The minimum absolute atomic E-state index is 0.126. The summed E-state index contributed by atoms with van der Waals surface area (Å²) in [6.07, 6.45) is 1.38. The van der Waals surface area contributed by atoms with Crippen LogP contribution in [0.15, 0.2) is 35.9 Å². The van der Waals surface area contributed by atoms with Gasteiger partial charge in [0.2, 0.25) is 0 Å². The molecule has 1 aromatic carbocycles. The SMILES string of the molecule is CC(C(=O)O)/C(=C\c1ccccc1)C(=O)O. The average Bonchev–Trinajstić information content (AvgIpc) is 2.26. The molecule has 0 fully saturated rings. The van der Waals surface area contributed by atoms with Gasteiger partial charge in [0.05, 0.1) is 11.5 Å². The molecule has 0 saturated heterocycles. The van der Waals surface area contributed by atoms with E-state index in [9.17, 15) is 9.59 Å². The molecular weight excluding hydrogens is 208 g/mol. The second-order valence-electron chi connectivity index (χ2n) is 3.38. The Kier molecular flexibility index (Phi) is 3.83. The number of carbonyl (C=O) groups is 2. The molecule has 0 radical (unpaired) electrons. The molecule has 4 heteroatoms. The van der Waals surface area contributed by atoms with Gasteiger partial charge in [0.25, 0.3) is 0 Å². The molecule has 1 unspecified atom stereocenters. The molecule has 16 heavy (non-hydrogen) atoms. The van der Waals surface area contributed by atoms with Gasteiger partial charge in [0.1, 0.15) is 0 Å². The summed E-state index contributed by atoms with van der Waals surface area (Å²) in [4.78, 5) is 21.6. The zero-order chi connectivity index (χ0) is 12.1. The topological polar surface area (TPSA) is 74.6 Å². The van der Waals surface area contributed by atoms with Crippen LogP contribution in [-0.4, -0.2) is 22.2 Å². The fraction of sp³-hybridized carbons (Fsp3) is 0.167. The summed E-state index contributed by atoms with van der Waals surface area (Å²) in [5, 5.41) is 17.7. The molecule has 2 N–H and O–H groups in total. The Bertz CT molecular complexity index is 420. The maximum Gasteiger partial charge on any atom is 0.332 e. The number of aliphatic carboxylic acids is 2. The molecule has 1 atom stereocenters. The highest BCUT2D eigenvalue weighted by atomic mass is 16.4. The molecule has 84 valence electrons. The highest BCUT2D eigenvalue weighted by Gasteiger charge is 2.22. The van der Waals surface area contributed by atoms with Crippen LogP contribution < -0.4 is 0 Å². The third-order valence-electron chi connectivity index (χ3n) is 2.21. The Morgan fingerprint density at radius 1 is 1.19 bits per heavy atom. The van der Waals surface area contributed by atoms with Gasteiger partial charge in [0.15, 0.2) is 0 Å². The minimum Gasteiger partial charge on any atom is -0.481 e. The molecule has 0 aliphatic carbocycles. The van der Waals surface area contributed by atoms with Gasteiger partial charge in [-0.1, -0.05) is 30.3 Å². The highest BCUT2D eigenvalue weighted by Crippen LogP contribution is 2.15. The fourth-order valence-corrected chi connectivity index (χ4v) is 1.23. The monoisotopic (exact) mass is 220 g/mol. The van der Waals surface area contributed by atoms with E-state index in [0.29, 0.717) is 5.56 Å². The second kappa shape index (κ2) is 5.11. The van der Waals surface area contributed by atoms with Crippen molar-refractivity contribution in [2.24, 2.45) is 5.92 Å². The quantitative estimate of drug-likeness (QED) is 0.759. The van der Waals surface area contributed by atoms with E-state index in [-0.39, 0.29) is 5.57 Å². The fourth-order valence-electron chi connectivity index (χ4n) is 1.23. The van der Waals surface area contributed by atoms with E-state index in [1.165, 1.54) is 13.0 Å². The zero-order valence-corrected chi connectivity index (χ0v) is 8.75. The van der Waals surface area contributed by atoms with Crippen molar-refractivity contribution < 1.29 is 19.8 Å². The number of hydrogen-bond donors (Lipinski definition) is 2. The van der Waals surface area contributed by atoms with Gasteiger partial charge in [-0.25, -0.2) is 4.79 Å². The molecule has 0 spiro atoms. The van der Waals surface area contributed by atoms with Crippen LogP contribution in [0.2, 0.25) is 0 Å². The Morgan fingerprint density at radius 2 is 1.75 bits per heavy atom. The lowest BCUT2D eigenvalue weighted by atomic mass is 9.99. The molecule has 0 saturated carbocycles. The molecule has 1 rings (SSSR count). The zero-order valence-electron chi connectivity index (χ0n) is 8.75. The van der Waals surface area contributed by atoms with E-state index in [2.05, 4.69) is 0 Å². The predicted molar refractivity (Wildman–Crippen MR) is 58.9 cm³/mol. The molecule has 0 bridgehead atoms. The summed E-state index contributed by atoms with van der Waals surface area (Å²) >= 11 is 0. The third-order valence-corrected chi connectivity index (χ3v) is 2.21. The molecule has 0 aliphatic heterocycles. The normalized spacial score (nSPS) is 13.2. The summed E-state index contributed by atoms with van der Waals surface area (Å²) in [5.41, 5.74) is 0.548. The van der Waals surface area contributed by atoms with Crippen LogP contribution >= 0.6 is 0 Å². The average molecular weight is 220 g/mol. The van der Waals surface area contributed by atoms with E-state index < -0.39 is 17.9 Å². The largest absolute Gasteiger partial charge is 0.481 e. The lowest BCUT2D eigenvalue weighted by Gasteiger charge is -2.07. The first-order valence-corrected chi connectivity index (χ1v) is 4.75. The maximum absolute atomic E-state index is 10.9. The Morgan fingerprint density at radius 3 is 2.19 bits per heavy atom. The van der Waals surface area contributed by atoms with Gasteiger partial charge in [-0.05, 0) is 18.6 Å². The molecular formula is C12H12O4. The predicted octanol–water partition coefficient (Wildman–Crippen LogP) is 1.88. The van der Waals surface area contributed by atoms with Crippen LogP contribution in [0.5, 0.6) is 0 Å². The van der Waals surface area contributed by atoms with Gasteiger partial charge in [-0.3, -0.25) is 4.79 Å². The summed E-state index contributed by atoms with van der Waals surface area (Å²) < 4.78 is 0. The van der Waals surface area contributed by atoms with Crippen molar-refractivity contribution in [2.75, 3.05) is 0 Å². The Balaban J connectivity index is 3.08. The number of benzene rings is 1. The van der Waals surface area contributed by atoms with Gasteiger partial charge in [-0.2, -0.15) is 0 Å². The van der Waals surface area contributed by atoms with Crippen molar-refractivity contribution >= 4 is 18.0 Å². The van der Waals surface area contributed by atoms with Crippen LogP contribution in [0.1, 0.15) is 12.5 Å². The smallest absolute Gasteiger partial charge is 0.332 e. The van der Waals surface area contributed by atoms with Crippen LogP contribution in [-0.2, 0) is 9.59 Å². The molecule has 0 heterocycles. The van der Waals surface area contributed by atoms with Crippen LogP contribution in [0, 0.1) is 5.92 Å². The number of hydrogen-bond acceptors (Lipinski definition) is 2. The first kappa shape index (κ1) is 12.0. The van der Waals surface area contributed by atoms with Crippen LogP contribution in [0.4, 0.5) is 0 Å². The highest BCUT2D eigenvalue weighted by molar-refractivity contribution is 5.98. The molecule has 0 amide bonds. The Labute approximate surface area is 92.8 Å². The van der Waals surface area contributed by atoms with Crippen molar-refractivity contribution in [1.82, 2.24) is 0 Å². The summed E-state index contributed by atoms with van der Waals surface area (Å²) in [6.45, 7) is 1.35. The molecule has 0 aromatic heterocycles. The molecule has 0 aliphatic rings. The molecule has 1 aromatic rings. The van der Waals surface area contributed by atoms with Gasteiger partial charge in [0, 0.05) is 0 Å². The summed E-state index contributed by atoms with van der Waals surface area (Å²) in [5.74, 6) is -3.39. The minimum atomic E-state index is -1.21. The van der Waals surface area contributed by atoms with E-state index in [1.54, 1.807) is 30.3 Å². The van der Waals surface area contributed by atoms with Crippen LogP contribution in [0.25, 0.3) is 6.08 Å². The number of carboxylic acids is 2. The lowest BCUT2D eigenvalue weighted by Crippen LogP contribution is -2.18. The maximum atomic E-state index is 10.9. The summed E-state index contributed by atoms with van der Waals surface area (Å²) in [7, 11) is 0. The van der Waals surface area contributed by atoms with Crippen molar-refractivity contribution in [3.63, 3.8) is 0 Å². The van der Waals surface area contributed by atoms with Crippen molar-refractivity contribution in [2.45, 2.75) is 6.92 Å². The van der Waals surface area contributed by atoms with Crippen molar-refractivity contribution in [3.8, 4) is 0 Å². The van der Waals surface area contributed by atoms with Gasteiger partial charge in [-0.15, -0.1) is 0 Å². The van der Waals surface area contributed by atoms with Crippen molar-refractivity contribution in [3.05, 3.63) is 41.5 Å². The second-order valence-corrected chi connectivity index (χ2v) is 3.38. The van der Waals surface area contributed by atoms with Crippen molar-refractivity contribution in [1.29, 1.82) is 0 Å². The Hall–Kier alpha value is -2.10. The first-order valence-electron chi connectivity index (χ1n) is 4.75. The van der Waals surface area contributed by atoms with Gasteiger partial charge < -0.3 is 10.2 Å². The van der Waals surface area contributed by atoms with Crippen LogP contribution in [0.3, 0.4) is 0 Å². The van der Waals surface area contributed by atoms with Gasteiger partial charge >= 0.3 is 11.9 Å². The standard InChI is InChI=1S/C12H12O4/c1-8(11(13)14)10(12(15)16)7-9-5-3-2-4-6-9/h2-8H,1H3,(H,13,14)(H,15,16)/b10-7+. The summed E-state index contributed by atoms with van der Waals surface area (Å²) in [6, 6.07) is 8.76. The lowest BCUT2D eigenvalue weighted by molar-refractivity contribution is -0.143. The van der Waals surface area contributed by atoms with E-state index in [1.807, 2.05) is 0 Å². The third kappa shape index (κ3) is 2.95. The molecule has 4 nitrogen and oxygen atoms in total. The van der Waals surface area contributed by atoms with E-state index in [4.69, 9.17) is 10.2 Å². The van der Waals surface area contributed by atoms with E-state index in [0.717, 1.165) is 0 Å². The first-order chi connectivity index (χ1) is 7.52. The number of rotatable bonds is 4.